The Balaban J connectivity index is 1.71. The van der Waals surface area contributed by atoms with Crippen LogP contribution in [0.5, 0.6) is 0 Å². The van der Waals surface area contributed by atoms with Crippen molar-refractivity contribution >= 4 is 5.78 Å². The zero-order valence-electron chi connectivity index (χ0n) is 13.0. The minimum Gasteiger partial charge on any atom is -0.299 e. The van der Waals surface area contributed by atoms with E-state index in [9.17, 15) is 4.79 Å². The lowest BCUT2D eigenvalue weighted by Gasteiger charge is -2.56. The molecular formula is C19H27O. The second-order valence-corrected chi connectivity index (χ2v) is 8.21. The number of hydrogen-bond donors (Lipinski definition) is 0. The van der Waals surface area contributed by atoms with E-state index in [2.05, 4.69) is 26.3 Å². The molecule has 0 bridgehead atoms. The number of carbonyl (C=O) groups is 1. The van der Waals surface area contributed by atoms with Crippen molar-refractivity contribution in [2.45, 2.75) is 65.2 Å². The van der Waals surface area contributed by atoms with Gasteiger partial charge in [0.05, 0.1) is 0 Å². The highest BCUT2D eigenvalue weighted by molar-refractivity contribution is 5.87. The summed E-state index contributed by atoms with van der Waals surface area (Å²) in [7, 11) is 0. The van der Waals surface area contributed by atoms with E-state index < -0.39 is 0 Å². The maximum atomic E-state index is 12.3. The summed E-state index contributed by atoms with van der Waals surface area (Å²) in [5.41, 5.74) is 2.20. The van der Waals surface area contributed by atoms with E-state index in [4.69, 9.17) is 0 Å². The van der Waals surface area contributed by atoms with Crippen LogP contribution in [0.2, 0.25) is 0 Å². The molecule has 0 aliphatic heterocycles. The number of carbonyl (C=O) groups excluding carboxylic acids is 1. The third kappa shape index (κ3) is 1.53. The van der Waals surface area contributed by atoms with Crippen LogP contribution in [0.15, 0.2) is 11.6 Å². The lowest BCUT2D eigenvalue weighted by atomic mass is 9.48. The molecule has 3 fully saturated rings. The molecule has 4 rings (SSSR count). The highest BCUT2D eigenvalue weighted by Gasteiger charge is 2.58. The SMILES string of the molecule is C[C@]12CC[CH]CC1=CC[C@@H]1[C@@H]2CC[C@]2(C)C(=O)CC[C@@H]12. The molecule has 0 aromatic heterocycles. The number of fused-ring (bicyclic) bond motifs is 5. The molecule has 0 N–H and O–H groups in total. The Morgan fingerprint density at radius 1 is 1.10 bits per heavy atom. The van der Waals surface area contributed by atoms with E-state index in [1.165, 1.54) is 38.5 Å². The lowest BCUT2D eigenvalue weighted by molar-refractivity contribution is -0.131. The van der Waals surface area contributed by atoms with Crippen LogP contribution in [0, 0.1) is 35.0 Å². The Labute approximate surface area is 123 Å². The van der Waals surface area contributed by atoms with Crippen LogP contribution in [0.25, 0.3) is 0 Å². The summed E-state index contributed by atoms with van der Waals surface area (Å²) in [6, 6.07) is 0. The predicted molar refractivity (Wildman–Crippen MR) is 81.0 cm³/mol. The number of rotatable bonds is 0. The number of allylic oxidation sites excluding steroid dienone is 2. The summed E-state index contributed by atoms with van der Waals surface area (Å²) < 4.78 is 0. The van der Waals surface area contributed by atoms with Crippen LogP contribution in [0.4, 0.5) is 0 Å². The molecule has 1 nitrogen and oxygen atoms in total. The van der Waals surface area contributed by atoms with Gasteiger partial charge in [-0.15, -0.1) is 0 Å². The Morgan fingerprint density at radius 3 is 2.75 bits per heavy atom. The number of ketones is 1. The molecule has 3 saturated carbocycles. The molecule has 0 aromatic rings. The largest absolute Gasteiger partial charge is 0.299 e. The van der Waals surface area contributed by atoms with E-state index >= 15 is 0 Å². The maximum Gasteiger partial charge on any atom is 0.139 e. The van der Waals surface area contributed by atoms with Gasteiger partial charge in [-0.3, -0.25) is 4.79 Å². The summed E-state index contributed by atoms with van der Waals surface area (Å²) >= 11 is 0. The summed E-state index contributed by atoms with van der Waals surface area (Å²) in [6.07, 6.45) is 14.6. The van der Waals surface area contributed by atoms with Crippen LogP contribution in [-0.4, -0.2) is 5.78 Å². The smallest absolute Gasteiger partial charge is 0.139 e. The van der Waals surface area contributed by atoms with Crippen molar-refractivity contribution in [1.82, 2.24) is 0 Å². The van der Waals surface area contributed by atoms with Gasteiger partial charge in [0, 0.05) is 11.8 Å². The predicted octanol–water partition coefficient (Wildman–Crippen LogP) is 4.72. The van der Waals surface area contributed by atoms with Crippen molar-refractivity contribution in [3.63, 3.8) is 0 Å². The van der Waals surface area contributed by atoms with Gasteiger partial charge >= 0.3 is 0 Å². The highest BCUT2D eigenvalue weighted by Crippen LogP contribution is 2.63. The molecule has 4 aliphatic carbocycles. The van der Waals surface area contributed by atoms with Crippen LogP contribution in [0.1, 0.15) is 65.2 Å². The van der Waals surface area contributed by atoms with E-state index in [0.717, 1.165) is 24.7 Å². The average Bonchev–Trinajstić information content (AvgIpc) is 2.74. The molecule has 0 spiro atoms. The van der Waals surface area contributed by atoms with Crippen LogP contribution >= 0.6 is 0 Å². The molecular weight excluding hydrogens is 244 g/mol. The minimum absolute atomic E-state index is 0.0314. The number of hydrogen-bond acceptors (Lipinski definition) is 1. The van der Waals surface area contributed by atoms with Gasteiger partial charge in [0.2, 0.25) is 0 Å². The van der Waals surface area contributed by atoms with Gasteiger partial charge in [-0.2, -0.15) is 0 Å². The molecule has 4 aliphatic rings. The second-order valence-electron chi connectivity index (χ2n) is 8.21. The first-order valence-corrected chi connectivity index (χ1v) is 8.60. The maximum absolute atomic E-state index is 12.3. The van der Waals surface area contributed by atoms with E-state index in [-0.39, 0.29) is 5.41 Å². The van der Waals surface area contributed by atoms with Crippen molar-refractivity contribution in [3.05, 3.63) is 18.1 Å². The van der Waals surface area contributed by atoms with Crippen LogP contribution in [0.3, 0.4) is 0 Å². The van der Waals surface area contributed by atoms with Gasteiger partial charge in [0.1, 0.15) is 5.78 Å². The fourth-order valence-corrected chi connectivity index (χ4v) is 6.25. The zero-order valence-corrected chi connectivity index (χ0v) is 13.0. The topological polar surface area (TPSA) is 17.1 Å². The Hall–Kier alpha value is -0.590. The molecule has 109 valence electrons. The van der Waals surface area contributed by atoms with Gasteiger partial charge in [0.25, 0.3) is 0 Å². The normalized spacial score (nSPS) is 51.0. The summed E-state index contributed by atoms with van der Waals surface area (Å²) in [4.78, 5) is 12.3. The molecule has 0 heterocycles. The van der Waals surface area contributed by atoms with E-state index in [1.807, 2.05) is 0 Å². The van der Waals surface area contributed by atoms with Crippen LogP contribution in [-0.2, 0) is 4.79 Å². The summed E-state index contributed by atoms with van der Waals surface area (Å²) in [5.74, 6) is 2.87. The lowest BCUT2D eigenvalue weighted by Crippen LogP contribution is -2.49. The molecule has 0 unspecified atom stereocenters. The second kappa shape index (κ2) is 4.21. The molecule has 1 radical (unpaired) electrons. The Morgan fingerprint density at radius 2 is 1.90 bits per heavy atom. The molecule has 0 amide bonds. The number of Topliss-reactive ketones (excluding diaryl/α,β-unsaturated/α-hetero) is 1. The molecule has 0 saturated heterocycles. The van der Waals surface area contributed by atoms with Gasteiger partial charge in [-0.1, -0.05) is 25.5 Å². The minimum atomic E-state index is 0.0314. The summed E-state index contributed by atoms with van der Waals surface area (Å²) in [6.45, 7) is 4.81. The van der Waals surface area contributed by atoms with E-state index in [0.29, 0.717) is 17.1 Å². The van der Waals surface area contributed by atoms with Gasteiger partial charge in [0.15, 0.2) is 0 Å². The van der Waals surface area contributed by atoms with Crippen molar-refractivity contribution in [2.24, 2.45) is 28.6 Å². The fourth-order valence-electron chi connectivity index (χ4n) is 6.25. The van der Waals surface area contributed by atoms with Gasteiger partial charge in [-0.05, 0) is 74.5 Å². The van der Waals surface area contributed by atoms with Gasteiger partial charge < -0.3 is 0 Å². The highest BCUT2D eigenvalue weighted by atomic mass is 16.1. The Bertz CT molecular complexity index is 476. The zero-order chi connectivity index (χ0) is 14.0. The van der Waals surface area contributed by atoms with Crippen LogP contribution < -0.4 is 0 Å². The van der Waals surface area contributed by atoms with Crippen molar-refractivity contribution in [1.29, 1.82) is 0 Å². The van der Waals surface area contributed by atoms with Crippen molar-refractivity contribution < 1.29 is 4.79 Å². The standard InChI is InChI=1S/C19H27O/c1-18-11-4-3-5-13(18)6-7-14-15-8-9-17(20)19(15,2)12-10-16(14)18/h3,6,14-16H,4-5,7-12H2,1-2H3/t14-,15-,16-,18-,19-/m0/s1. The third-order valence-corrected chi connectivity index (χ3v) is 7.57. The summed E-state index contributed by atoms with van der Waals surface area (Å²) in [5, 5.41) is 0. The molecule has 0 aromatic carbocycles. The van der Waals surface area contributed by atoms with Crippen molar-refractivity contribution in [3.8, 4) is 0 Å². The van der Waals surface area contributed by atoms with E-state index in [1.54, 1.807) is 5.57 Å². The first-order chi connectivity index (χ1) is 9.56. The fraction of sp³-hybridized carbons (Fsp3) is 0.789. The van der Waals surface area contributed by atoms with Gasteiger partial charge in [-0.25, -0.2) is 0 Å². The molecule has 5 atom stereocenters. The first kappa shape index (κ1) is 13.1. The Kier molecular flexibility index (Phi) is 2.76. The monoisotopic (exact) mass is 271 g/mol. The van der Waals surface area contributed by atoms with Crippen molar-refractivity contribution in [2.75, 3.05) is 0 Å². The third-order valence-electron chi connectivity index (χ3n) is 7.57. The molecule has 20 heavy (non-hydrogen) atoms. The molecule has 1 heteroatoms. The first-order valence-electron chi connectivity index (χ1n) is 8.60. The average molecular weight is 271 g/mol. The quantitative estimate of drug-likeness (QED) is 0.582.